The Balaban J connectivity index is 1.84. The summed E-state index contributed by atoms with van der Waals surface area (Å²) < 4.78 is 0. The van der Waals surface area contributed by atoms with Gasteiger partial charge in [0.1, 0.15) is 0 Å². The van der Waals surface area contributed by atoms with Crippen LogP contribution in [0.5, 0.6) is 0 Å². The number of carbonyl (C=O) groups is 2. The molecular formula is C15H19ClN2O2. The molecule has 20 heavy (non-hydrogen) atoms. The number of rotatable bonds is 2. The maximum Gasteiger partial charge on any atom is 0.321 e. The molecule has 0 bridgehead atoms. The molecule has 4 nitrogen and oxygen atoms in total. The van der Waals surface area contributed by atoms with Crippen molar-refractivity contribution in [3.8, 4) is 0 Å². The highest BCUT2D eigenvalue weighted by Gasteiger charge is 2.16. The van der Waals surface area contributed by atoms with Crippen LogP contribution in [0.3, 0.4) is 0 Å². The standard InChI is InChI=1S/C15H19ClN2O2/c16-12-9-7-11(8-10-12)14(19)18-15(20)17-13-5-3-1-2-4-6-13/h7-10,13H,1-6H2,(H2,17,18,19,20). The molecule has 0 saturated heterocycles. The Bertz CT molecular complexity index is 465. The Hall–Kier alpha value is -1.55. The molecule has 5 heteroatoms. The van der Waals surface area contributed by atoms with Gasteiger partial charge in [-0.05, 0) is 37.1 Å². The molecule has 2 rings (SSSR count). The molecule has 0 unspecified atom stereocenters. The van der Waals surface area contributed by atoms with Gasteiger partial charge in [-0.25, -0.2) is 4.79 Å². The fourth-order valence-electron chi connectivity index (χ4n) is 2.42. The highest BCUT2D eigenvalue weighted by Crippen LogP contribution is 2.17. The van der Waals surface area contributed by atoms with Gasteiger partial charge < -0.3 is 5.32 Å². The second-order valence-corrected chi connectivity index (χ2v) is 5.56. The lowest BCUT2D eigenvalue weighted by molar-refractivity contribution is 0.0963. The fraction of sp³-hybridized carbons (Fsp3) is 0.467. The number of carbonyl (C=O) groups excluding carboxylic acids is 2. The normalized spacial score (nSPS) is 16.2. The molecule has 1 fully saturated rings. The lowest BCUT2D eigenvalue weighted by Gasteiger charge is -2.16. The minimum atomic E-state index is -0.420. The summed E-state index contributed by atoms with van der Waals surface area (Å²) >= 11 is 5.76. The van der Waals surface area contributed by atoms with Gasteiger partial charge in [-0.2, -0.15) is 0 Å². The van der Waals surface area contributed by atoms with Crippen LogP contribution in [0.2, 0.25) is 5.02 Å². The van der Waals surface area contributed by atoms with Crippen LogP contribution < -0.4 is 10.6 Å². The second-order valence-electron chi connectivity index (χ2n) is 5.12. The molecule has 1 saturated carbocycles. The zero-order chi connectivity index (χ0) is 14.4. The number of hydrogen-bond acceptors (Lipinski definition) is 2. The van der Waals surface area contributed by atoms with Crippen molar-refractivity contribution in [2.75, 3.05) is 0 Å². The highest BCUT2D eigenvalue weighted by molar-refractivity contribution is 6.30. The number of hydrogen-bond donors (Lipinski definition) is 2. The largest absolute Gasteiger partial charge is 0.335 e. The van der Waals surface area contributed by atoms with E-state index in [-0.39, 0.29) is 6.04 Å². The van der Waals surface area contributed by atoms with Gasteiger partial charge >= 0.3 is 6.03 Å². The van der Waals surface area contributed by atoms with Crippen molar-refractivity contribution < 1.29 is 9.59 Å². The molecule has 0 atom stereocenters. The summed E-state index contributed by atoms with van der Waals surface area (Å²) in [6, 6.07) is 6.19. The van der Waals surface area contributed by atoms with Crippen LogP contribution in [-0.2, 0) is 0 Å². The van der Waals surface area contributed by atoms with Crippen molar-refractivity contribution >= 4 is 23.5 Å². The van der Waals surface area contributed by atoms with Gasteiger partial charge in [-0.15, -0.1) is 0 Å². The molecular weight excluding hydrogens is 276 g/mol. The van der Waals surface area contributed by atoms with E-state index >= 15 is 0 Å². The topological polar surface area (TPSA) is 58.2 Å². The molecule has 1 aromatic carbocycles. The van der Waals surface area contributed by atoms with E-state index in [9.17, 15) is 9.59 Å². The van der Waals surface area contributed by atoms with E-state index in [1.807, 2.05) is 0 Å². The van der Waals surface area contributed by atoms with E-state index in [1.165, 1.54) is 12.8 Å². The lowest BCUT2D eigenvalue weighted by atomic mass is 10.1. The third kappa shape index (κ3) is 4.53. The van der Waals surface area contributed by atoms with Gasteiger partial charge in [0.2, 0.25) is 0 Å². The molecule has 1 aliphatic carbocycles. The van der Waals surface area contributed by atoms with Gasteiger partial charge in [-0.3, -0.25) is 10.1 Å². The van der Waals surface area contributed by atoms with Crippen molar-refractivity contribution in [1.29, 1.82) is 0 Å². The van der Waals surface area contributed by atoms with Gasteiger partial charge in [-0.1, -0.05) is 37.3 Å². The molecule has 2 N–H and O–H groups in total. The molecule has 0 radical (unpaired) electrons. The van der Waals surface area contributed by atoms with Crippen LogP contribution in [0.4, 0.5) is 4.79 Å². The second kappa shape index (κ2) is 7.29. The van der Waals surface area contributed by atoms with Gasteiger partial charge in [0.25, 0.3) is 5.91 Å². The Labute approximate surface area is 123 Å². The van der Waals surface area contributed by atoms with Crippen LogP contribution in [0.25, 0.3) is 0 Å². The van der Waals surface area contributed by atoms with Crippen molar-refractivity contribution in [2.24, 2.45) is 0 Å². The Kier molecular flexibility index (Phi) is 5.41. The number of imide groups is 1. The van der Waals surface area contributed by atoms with Crippen molar-refractivity contribution in [3.63, 3.8) is 0 Å². The van der Waals surface area contributed by atoms with Gasteiger partial charge in [0, 0.05) is 16.6 Å². The van der Waals surface area contributed by atoms with Crippen LogP contribution in [0.15, 0.2) is 24.3 Å². The van der Waals surface area contributed by atoms with E-state index in [0.29, 0.717) is 10.6 Å². The zero-order valence-electron chi connectivity index (χ0n) is 11.3. The van der Waals surface area contributed by atoms with Crippen molar-refractivity contribution in [1.82, 2.24) is 10.6 Å². The molecule has 108 valence electrons. The Morgan fingerprint density at radius 2 is 1.60 bits per heavy atom. The number of benzene rings is 1. The SMILES string of the molecule is O=C(NC(=O)c1ccc(Cl)cc1)NC1CCCCCC1. The van der Waals surface area contributed by atoms with Crippen molar-refractivity contribution in [3.05, 3.63) is 34.9 Å². The summed E-state index contributed by atoms with van der Waals surface area (Å²) in [6.07, 6.45) is 6.70. The van der Waals surface area contributed by atoms with E-state index in [0.717, 1.165) is 25.7 Å². The summed E-state index contributed by atoms with van der Waals surface area (Å²) in [5.74, 6) is -0.409. The first-order valence-electron chi connectivity index (χ1n) is 7.02. The van der Waals surface area contributed by atoms with E-state index < -0.39 is 11.9 Å². The van der Waals surface area contributed by atoms with E-state index in [4.69, 9.17) is 11.6 Å². The summed E-state index contributed by atoms with van der Waals surface area (Å²) in [4.78, 5) is 23.7. The van der Waals surface area contributed by atoms with E-state index in [2.05, 4.69) is 10.6 Å². The first kappa shape index (κ1) is 14.9. The third-order valence-electron chi connectivity index (χ3n) is 3.52. The monoisotopic (exact) mass is 294 g/mol. The minimum absolute atomic E-state index is 0.176. The number of amides is 3. The first-order chi connectivity index (χ1) is 9.65. The highest BCUT2D eigenvalue weighted by atomic mass is 35.5. The average molecular weight is 295 g/mol. The third-order valence-corrected chi connectivity index (χ3v) is 3.78. The average Bonchev–Trinajstić information content (AvgIpc) is 2.68. The summed E-state index contributed by atoms with van der Waals surface area (Å²) in [7, 11) is 0. The van der Waals surface area contributed by atoms with Crippen LogP contribution in [-0.4, -0.2) is 18.0 Å². The van der Waals surface area contributed by atoms with E-state index in [1.54, 1.807) is 24.3 Å². The Morgan fingerprint density at radius 1 is 1.00 bits per heavy atom. The molecule has 1 aliphatic rings. The maximum absolute atomic E-state index is 11.9. The molecule has 0 aromatic heterocycles. The number of urea groups is 1. The van der Waals surface area contributed by atoms with Gasteiger partial charge in [0.05, 0.1) is 0 Å². The number of halogens is 1. The molecule has 0 spiro atoms. The summed E-state index contributed by atoms with van der Waals surface area (Å²) in [5.41, 5.74) is 0.422. The quantitative estimate of drug-likeness (QED) is 0.820. The predicted octanol–water partition coefficient (Wildman–Crippen LogP) is 3.50. The minimum Gasteiger partial charge on any atom is -0.335 e. The van der Waals surface area contributed by atoms with Crippen LogP contribution in [0, 0.1) is 0 Å². The Morgan fingerprint density at radius 3 is 2.20 bits per heavy atom. The smallest absolute Gasteiger partial charge is 0.321 e. The summed E-state index contributed by atoms with van der Waals surface area (Å²) in [6.45, 7) is 0. The lowest BCUT2D eigenvalue weighted by Crippen LogP contribution is -2.44. The molecule has 3 amide bonds. The summed E-state index contributed by atoms with van der Waals surface area (Å²) in [5, 5.41) is 5.78. The first-order valence-corrected chi connectivity index (χ1v) is 7.40. The fourth-order valence-corrected chi connectivity index (χ4v) is 2.55. The van der Waals surface area contributed by atoms with Crippen LogP contribution in [0.1, 0.15) is 48.9 Å². The number of nitrogens with one attached hydrogen (secondary N) is 2. The van der Waals surface area contributed by atoms with Crippen molar-refractivity contribution in [2.45, 2.75) is 44.6 Å². The molecule has 1 aromatic rings. The van der Waals surface area contributed by atoms with Crippen LogP contribution >= 0.6 is 11.6 Å². The molecule has 0 heterocycles. The maximum atomic E-state index is 11.9. The molecule has 0 aliphatic heterocycles. The van der Waals surface area contributed by atoms with Gasteiger partial charge in [0.15, 0.2) is 0 Å². The zero-order valence-corrected chi connectivity index (χ0v) is 12.1. The predicted molar refractivity (Wildman–Crippen MR) is 78.9 cm³/mol.